The molecule has 6 rings (SSSR count). The van der Waals surface area contributed by atoms with Gasteiger partial charge in [0.1, 0.15) is 0 Å². The Bertz CT molecular complexity index is 1430. The van der Waals surface area contributed by atoms with Crippen LogP contribution in [0, 0.1) is 18.8 Å². The Morgan fingerprint density at radius 1 is 0.829 bits per heavy atom. The van der Waals surface area contributed by atoms with E-state index in [0.717, 1.165) is 10.5 Å². The molecule has 174 valence electrons. The summed E-state index contributed by atoms with van der Waals surface area (Å²) in [7, 11) is 0. The van der Waals surface area contributed by atoms with Gasteiger partial charge >= 0.3 is 0 Å². The summed E-state index contributed by atoms with van der Waals surface area (Å²) in [6.07, 6.45) is -0.998. The van der Waals surface area contributed by atoms with E-state index in [-0.39, 0.29) is 16.8 Å². The normalized spacial score (nSPS) is 24.4. The Hall–Kier alpha value is -3.32. The van der Waals surface area contributed by atoms with Crippen LogP contribution in [0.1, 0.15) is 37.9 Å². The van der Waals surface area contributed by atoms with Gasteiger partial charge in [-0.2, -0.15) is 0 Å². The molecule has 35 heavy (non-hydrogen) atoms. The number of imide groups is 1. The van der Waals surface area contributed by atoms with Crippen molar-refractivity contribution in [1.82, 2.24) is 0 Å². The summed E-state index contributed by atoms with van der Waals surface area (Å²) in [4.78, 5) is 56.2. The molecule has 0 aromatic heterocycles. The highest BCUT2D eigenvalue weighted by molar-refractivity contribution is 6.37. The highest BCUT2D eigenvalue weighted by Crippen LogP contribution is 2.57. The number of Topliss-reactive ketones (excluding diaryl/α,β-unsaturated/α-hetero) is 2. The molecule has 3 aromatic rings. The molecule has 2 amide bonds. The van der Waals surface area contributed by atoms with E-state index in [1.807, 2.05) is 0 Å². The van der Waals surface area contributed by atoms with Gasteiger partial charge in [0.05, 0.1) is 23.6 Å². The quantitative estimate of drug-likeness (QED) is 0.361. The van der Waals surface area contributed by atoms with E-state index < -0.39 is 46.9 Å². The molecule has 1 spiro atoms. The first-order chi connectivity index (χ1) is 16.8. The molecule has 2 heterocycles. The van der Waals surface area contributed by atoms with Crippen LogP contribution in [0.15, 0.2) is 66.7 Å². The molecule has 0 saturated carbocycles. The van der Waals surface area contributed by atoms with Crippen molar-refractivity contribution in [2.45, 2.75) is 18.6 Å². The van der Waals surface area contributed by atoms with Crippen molar-refractivity contribution < 1.29 is 23.9 Å². The molecular formula is C27H17Cl2NO5. The van der Waals surface area contributed by atoms with Gasteiger partial charge < -0.3 is 4.74 Å². The van der Waals surface area contributed by atoms with Crippen molar-refractivity contribution in [2.75, 3.05) is 4.90 Å². The van der Waals surface area contributed by atoms with Crippen molar-refractivity contribution in [3.05, 3.63) is 99.0 Å². The van der Waals surface area contributed by atoms with Crippen molar-refractivity contribution in [3.63, 3.8) is 0 Å². The molecule has 3 atom stereocenters. The summed E-state index contributed by atoms with van der Waals surface area (Å²) in [5, 5.41) is 0.865. The molecule has 0 unspecified atom stereocenters. The Kier molecular flexibility index (Phi) is 4.81. The maximum atomic E-state index is 13.9. The minimum Gasteiger partial charge on any atom is -0.349 e. The lowest BCUT2D eigenvalue weighted by Gasteiger charge is -2.27. The van der Waals surface area contributed by atoms with Crippen molar-refractivity contribution in [2.24, 2.45) is 11.8 Å². The molecule has 0 bridgehead atoms. The van der Waals surface area contributed by atoms with E-state index in [1.165, 1.54) is 18.2 Å². The number of carbonyl (C=O) groups excluding carboxylic acids is 4. The SMILES string of the molecule is Cc1ccc(N2C(=O)[C@H]3[C@@H](C2=O)C2(O[C@H]3c3ccc(Cl)cc3)C(=O)c3ccccc3C2=O)cc1Cl. The molecule has 8 heteroatoms. The lowest BCUT2D eigenvalue weighted by atomic mass is 9.77. The molecule has 2 saturated heterocycles. The van der Waals surface area contributed by atoms with Crippen LogP contribution in [0.5, 0.6) is 0 Å². The van der Waals surface area contributed by atoms with Crippen LogP contribution in [0.25, 0.3) is 0 Å². The summed E-state index contributed by atoms with van der Waals surface area (Å²) in [5.41, 5.74) is -0.136. The predicted molar refractivity (Wildman–Crippen MR) is 129 cm³/mol. The fourth-order valence-electron chi connectivity index (χ4n) is 5.45. The first-order valence-corrected chi connectivity index (χ1v) is 11.8. The van der Waals surface area contributed by atoms with Crippen molar-refractivity contribution in [1.29, 1.82) is 0 Å². The second-order valence-electron chi connectivity index (χ2n) is 8.98. The molecular weight excluding hydrogens is 489 g/mol. The number of hydrogen-bond acceptors (Lipinski definition) is 5. The van der Waals surface area contributed by atoms with Crippen molar-refractivity contribution >= 4 is 52.3 Å². The van der Waals surface area contributed by atoms with Crippen LogP contribution in [-0.4, -0.2) is 29.0 Å². The number of amides is 2. The number of ether oxygens (including phenoxy) is 1. The van der Waals surface area contributed by atoms with E-state index in [2.05, 4.69) is 0 Å². The minimum atomic E-state index is -2.12. The number of ketones is 2. The first kappa shape index (κ1) is 22.2. The fourth-order valence-corrected chi connectivity index (χ4v) is 5.75. The Balaban J connectivity index is 1.54. The highest BCUT2D eigenvalue weighted by atomic mass is 35.5. The largest absolute Gasteiger partial charge is 0.349 e. The van der Waals surface area contributed by atoms with Gasteiger partial charge in [-0.25, -0.2) is 4.90 Å². The van der Waals surface area contributed by atoms with Crippen molar-refractivity contribution in [3.8, 4) is 0 Å². The molecule has 1 aliphatic carbocycles. The lowest BCUT2D eigenvalue weighted by molar-refractivity contribution is -0.127. The van der Waals surface area contributed by atoms with E-state index >= 15 is 0 Å². The van der Waals surface area contributed by atoms with Gasteiger partial charge in [-0.15, -0.1) is 0 Å². The topological polar surface area (TPSA) is 80.8 Å². The zero-order valence-electron chi connectivity index (χ0n) is 18.3. The number of hydrogen-bond donors (Lipinski definition) is 0. The fraction of sp³-hybridized carbons (Fsp3) is 0.185. The minimum absolute atomic E-state index is 0.185. The molecule has 2 aliphatic heterocycles. The number of carbonyl (C=O) groups is 4. The van der Waals surface area contributed by atoms with Gasteiger partial charge in [0.15, 0.2) is 0 Å². The number of benzene rings is 3. The van der Waals surface area contributed by atoms with Gasteiger partial charge in [0.2, 0.25) is 29.0 Å². The van der Waals surface area contributed by atoms with Crippen LogP contribution in [0.4, 0.5) is 5.69 Å². The molecule has 3 aliphatic rings. The number of halogens is 2. The Labute approximate surface area is 210 Å². The average molecular weight is 506 g/mol. The number of aryl methyl sites for hydroxylation is 1. The summed E-state index contributed by atoms with van der Waals surface area (Å²) in [5.74, 6) is -4.81. The van der Waals surface area contributed by atoms with Gasteiger partial charge in [-0.3, -0.25) is 19.2 Å². The summed E-state index contributed by atoms with van der Waals surface area (Å²) >= 11 is 12.3. The number of nitrogens with zero attached hydrogens (tertiary/aromatic N) is 1. The van der Waals surface area contributed by atoms with Crippen LogP contribution >= 0.6 is 23.2 Å². The zero-order chi connectivity index (χ0) is 24.6. The van der Waals surface area contributed by atoms with Gasteiger partial charge in [0.25, 0.3) is 0 Å². The van der Waals surface area contributed by atoms with Gasteiger partial charge in [-0.05, 0) is 42.3 Å². The molecule has 3 aromatic carbocycles. The Morgan fingerprint density at radius 2 is 1.46 bits per heavy atom. The number of fused-ring (bicyclic) bond motifs is 3. The van der Waals surface area contributed by atoms with Crippen LogP contribution < -0.4 is 4.90 Å². The maximum Gasteiger partial charge on any atom is 0.241 e. The standard InChI is InChI=1S/C27H17Cl2NO5/c1-13-6-11-16(12-19(13)29)30-25(33)20-21(26(30)34)27(35-22(20)14-7-9-15(28)10-8-14)23(31)17-4-2-3-5-18(17)24(27)32/h2-12,20-22H,1H3/t20-,21-,22-/m0/s1. The van der Waals surface area contributed by atoms with E-state index in [1.54, 1.807) is 55.5 Å². The summed E-state index contributed by atoms with van der Waals surface area (Å²) in [6.45, 7) is 1.81. The van der Waals surface area contributed by atoms with Crippen LogP contribution in [-0.2, 0) is 14.3 Å². The molecule has 0 N–H and O–H groups in total. The second-order valence-corrected chi connectivity index (χ2v) is 9.82. The smallest absolute Gasteiger partial charge is 0.241 e. The third-order valence-electron chi connectivity index (χ3n) is 7.13. The monoisotopic (exact) mass is 505 g/mol. The van der Waals surface area contributed by atoms with E-state index in [9.17, 15) is 19.2 Å². The number of rotatable bonds is 2. The van der Waals surface area contributed by atoms with Gasteiger partial charge in [-0.1, -0.05) is 65.7 Å². The van der Waals surface area contributed by atoms with Crippen LogP contribution in [0.2, 0.25) is 10.0 Å². The third-order valence-corrected chi connectivity index (χ3v) is 7.79. The molecule has 2 fully saturated rings. The summed E-state index contributed by atoms with van der Waals surface area (Å²) < 4.78 is 6.24. The average Bonchev–Trinajstić information content (AvgIpc) is 3.41. The highest BCUT2D eigenvalue weighted by Gasteiger charge is 2.74. The lowest BCUT2D eigenvalue weighted by Crippen LogP contribution is -2.51. The first-order valence-electron chi connectivity index (χ1n) is 11.0. The van der Waals surface area contributed by atoms with Gasteiger partial charge in [0, 0.05) is 21.2 Å². The third kappa shape index (κ3) is 2.88. The molecule has 0 radical (unpaired) electrons. The summed E-state index contributed by atoms with van der Waals surface area (Å²) in [6, 6.07) is 17.8. The van der Waals surface area contributed by atoms with Crippen LogP contribution in [0.3, 0.4) is 0 Å². The van der Waals surface area contributed by atoms with E-state index in [4.69, 9.17) is 27.9 Å². The van der Waals surface area contributed by atoms with E-state index in [0.29, 0.717) is 15.6 Å². The molecule has 6 nitrogen and oxygen atoms in total. The zero-order valence-corrected chi connectivity index (χ0v) is 19.8. The second kappa shape index (κ2) is 7.59. The Morgan fingerprint density at radius 3 is 2.06 bits per heavy atom. The number of anilines is 1. The maximum absolute atomic E-state index is 13.9. The predicted octanol–water partition coefficient (Wildman–Crippen LogP) is 5.00.